The number of aliphatic hydroxyl groups excluding tert-OH is 1. The number of H-pyrrole nitrogens is 1. The standard InChI is InChI=1S/C27H32N8O13S2/c1-4-47-10-14(36)9-34-22(15-6-17(37)19(39)7-29-15)31-35(26(34)44)50(45,46)12-20(40)33-8-13(23(33)41)5-18(38)21(16-11-49-25(28)30-16)32-48-27(2,3)24(42)43/h6-7,11,13-14,36,39H,4-5,8-10,12H2,1-3H3,(H2,28,30)(H,29,37)(H,42,43)/b32-21-/t13-,14?/m0/s1. The molecule has 2 amide bonds. The Hall–Kier alpha value is -5.26. The van der Waals surface area contributed by atoms with Crippen molar-refractivity contribution in [3.8, 4) is 17.3 Å². The highest BCUT2D eigenvalue weighted by atomic mass is 32.2. The number of nitrogens with two attached hydrogens (primary N) is 1. The van der Waals surface area contributed by atoms with E-state index < -0.39 is 98.3 Å². The van der Waals surface area contributed by atoms with E-state index in [9.17, 15) is 52.5 Å². The van der Waals surface area contributed by atoms with Crippen molar-refractivity contribution in [3.05, 3.63) is 44.0 Å². The average molecular weight is 741 g/mol. The fourth-order valence-electron chi connectivity index (χ4n) is 4.36. The second-order valence-corrected chi connectivity index (χ2v) is 14.0. The fourth-order valence-corrected chi connectivity index (χ4v) is 6.03. The summed E-state index contributed by atoms with van der Waals surface area (Å²) in [5.41, 5.74) is 0.906. The first-order valence-electron chi connectivity index (χ1n) is 14.6. The molecular weight excluding hydrogens is 708 g/mol. The highest BCUT2D eigenvalue weighted by Gasteiger charge is 2.44. The molecule has 50 heavy (non-hydrogen) atoms. The first-order valence-corrected chi connectivity index (χ1v) is 17.0. The summed E-state index contributed by atoms with van der Waals surface area (Å²) >= 11 is 0.956. The van der Waals surface area contributed by atoms with Gasteiger partial charge in [-0.15, -0.1) is 20.5 Å². The quantitative estimate of drug-likeness (QED) is 0.0599. The number of carbonyl (C=O) groups excluding carboxylic acids is 3. The first kappa shape index (κ1) is 37.6. The van der Waals surface area contributed by atoms with Gasteiger partial charge in [0.2, 0.25) is 22.8 Å². The number of aliphatic hydroxyl groups is 1. The second-order valence-electron chi connectivity index (χ2n) is 11.3. The summed E-state index contributed by atoms with van der Waals surface area (Å²) in [5, 5.41) is 38.1. The van der Waals surface area contributed by atoms with E-state index in [1.54, 1.807) is 6.92 Å². The number of imide groups is 1. The molecule has 4 rings (SSSR count). The smallest absolute Gasteiger partial charge is 0.360 e. The van der Waals surface area contributed by atoms with Gasteiger partial charge in [-0.25, -0.2) is 23.0 Å². The zero-order valence-corrected chi connectivity index (χ0v) is 28.3. The molecule has 0 radical (unpaired) electrons. The van der Waals surface area contributed by atoms with Crippen molar-refractivity contribution in [2.75, 3.05) is 31.2 Å². The van der Waals surface area contributed by atoms with E-state index in [1.165, 1.54) is 19.2 Å². The van der Waals surface area contributed by atoms with Gasteiger partial charge in [0.25, 0.3) is 10.0 Å². The van der Waals surface area contributed by atoms with E-state index in [2.05, 4.69) is 20.2 Å². The van der Waals surface area contributed by atoms with E-state index >= 15 is 0 Å². The number of oxime groups is 1. The predicted molar refractivity (Wildman–Crippen MR) is 172 cm³/mol. The summed E-state index contributed by atoms with van der Waals surface area (Å²) in [7, 11) is -4.93. The van der Waals surface area contributed by atoms with Gasteiger partial charge >= 0.3 is 11.7 Å². The summed E-state index contributed by atoms with van der Waals surface area (Å²) in [4.78, 5) is 87.8. The number of nitrogen functional groups attached to an aromatic ring is 1. The zero-order valence-electron chi connectivity index (χ0n) is 26.6. The van der Waals surface area contributed by atoms with Crippen molar-refractivity contribution in [1.82, 2.24) is 28.6 Å². The number of anilines is 1. The van der Waals surface area contributed by atoms with Crippen LogP contribution in [0.25, 0.3) is 11.5 Å². The summed E-state index contributed by atoms with van der Waals surface area (Å²) in [5.74, 6) is -7.98. The molecule has 2 atom stereocenters. The third-order valence-corrected chi connectivity index (χ3v) is 9.16. The lowest BCUT2D eigenvalue weighted by molar-refractivity contribution is -0.161. The number of aromatic amines is 1. The molecule has 3 aromatic heterocycles. The number of nitrogens with one attached hydrogen (secondary N) is 1. The van der Waals surface area contributed by atoms with Crippen molar-refractivity contribution >= 4 is 55.8 Å². The lowest BCUT2D eigenvalue weighted by Crippen LogP contribution is -2.57. The lowest BCUT2D eigenvalue weighted by atomic mass is 9.91. The van der Waals surface area contributed by atoms with Crippen molar-refractivity contribution in [1.29, 1.82) is 0 Å². The van der Waals surface area contributed by atoms with E-state index in [0.717, 1.165) is 28.2 Å². The summed E-state index contributed by atoms with van der Waals surface area (Å²) in [6.45, 7) is 3.06. The molecule has 1 saturated heterocycles. The van der Waals surface area contributed by atoms with Gasteiger partial charge in [-0.2, -0.15) is 0 Å². The zero-order chi connectivity index (χ0) is 37.1. The van der Waals surface area contributed by atoms with Gasteiger partial charge in [0.15, 0.2) is 34.0 Å². The Kier molecular flexibility index (Phi) is 11.0. The van der Waals surface area contributed by atoms with Gasteiger partial charge in [0, 0.05) is 37.2 Å². The van der Waals surface area contributed by atoms with Crippen LogP contribution in [0, 0.1) is 5.92 Å². The van der Waals surface area contributed by atoms with Crippen LogP contribution < -0.4 is 16.9 Å². The van der Waals surface area contributed by atoms with Gasteiger partial charge in [0.1, 0.15) is 5.69 Å². The molecule has 23 heteroatoms. The van der Waals surface area contributed by atoms with E-state index in [-0.39, 0.29) is 40.4 Å². The number of aliphatic carboxylic acids is 1. The number of rotatable bonds is 16. The number of ketones is 1. The topological polar surface area (TPSA) is 309 Å². The van der Waals surface area contributed by atoms with Crippen LogP contribution in [-0.2, 0) is 45.3 Å². The molecule has 0 spiro atoms. The third-order valence-electron chi connectivity index (χ3n) is 7.11. The van der Waals surface area contributed by atoms with Gasteiger partial charge < -0.3 is 35.6 Å². The van der Waals surface area contributed by atoms with Crippen LogP contribution in [0.2, 0.25) is 0 Å². The van der Waals surface area contributed by atoms with Crippen LogP contribution in [-0.4, -0.2) is 119 Å². The number of β-lactam (4-membered cyclic amide) rings is 1. The highest BCUT2D eigenvalue weighted by molar-refractivity contribution is 7.90. The number of likely N-dealkylation sites (tertiary alicyclic amines) is 1. The average Bonchev–Trinajstić information content (AvgIpc) is 3.61. The van der Waals surface area contributed by atoms with Crippen LogP contribution in [0.1, 0.15) is 32.9 Å². The minimum atomic E-state index is -4.93. The number of thiazole rings is 1. The number of pyridine rings is 1. The Morgan fingerprint density at radius 1 is 1.26 bits per heavy atom. The maximum absolute atomic E-state index is 13.3. The van der Waals surface area contributed by atoms with Crippen molar-refractivity contribution < 1.29 is 52.5 Å². The largest absolute Gasteiger partial charge is 0.503 e. The predicted octanol–water partition coefficient (Wildman–Crippen LogP) is -2.05. The molecule has 0 aromatic carbocycles. The van der Waals surface area contributed by atoms with E-state index in [4.69, 9.17) is 15.3 Å². The molecule has 1 aliphatic heterocycles. The van der Waals surface area contributed by atoms with Crippen LogP contribution >= 0.6 is 11.3 Å². The molecule has 1 unspecified atom stereocenters. The maximum Gasteiger partial charge on any atom is 0.360 e. The number of carboxylic acids is 1. The Morgan fingerprint density at radius 2 is 1.96 bits per heavy atom. The van der Waals surface area contributed by atoms with Crippen molar-refractivity contribution in [3.63, 3.8) is 0 Å². The molecule has 3 aromatic rings. The SMILES string of the molecule is CCOCC(O)Cn1c(-c2cc(=O)c(O)c[nH]2)nn(S(=O)(=O)CC(=O)N2C[C@H](CC(=O)/C(=N\OC(C)(C)C(=O)O)c3csc(N)n3)C2=O)c1=O. The second kappa shape index (κ2) is 14.7. The number of carbonyl (C=O) groups is 4. The first-order chi connectivity index (χ1) is 23.4. The number of aromatic hydroxyl groups is 1. The molecule has 6 N–H and O–H groups in total. The van der Waals surface area contributed by atoms with Gasteiger partial charge in [0.05, 0.1) is 30.9 Å². The Labute approximate surface area is 285 Å². The molecule has 270 valence electrons. The van der Waals surface area contributed by atoms with Crippen molar-refractivity contribution in [2.24, 2.45) is 11.1 Å². The number of amides is 2. The Balaban J connectivity index is 1.52. The fraction of sp³-hybridized carbons (Fsp3) is 0.444. The van der Waals surface area contributed by atoms with E-state index in [1.807, 2.05) is 0 Å². The molecule has 21 nitrogen and oxygen atoms in total. The normalized spacial score (nSPS) is 15.8. The summed E-state index contributed by atoms with van der Waals surface area (Å²) < 4.78 is 32.4. The molecule has 0 bridgehead atoms. The van der Waals surface area contributed by atoms with Gasteiger partial charge in [-0.3, -0.25) is 28.6 Å². The van der Waals surface area contributed by atoms with Crippen LogP contribution in [0.15, 0.2) is 32.4 Å². The molecule has 4 heterocycles. The van der Waals surface area contributed by atoms with Gasteiger partial charge in [-0.1, -0.05) is 5.16 Å². The highest BCUT2D eigenvalue weighted by Crippen LogP contribution is 2.24. The number of aromatic nitrogens is 5. The van der Waals surface area contributed by atoms with Gasteiger partial charge in [-0.05, 0) is 20.8 Å². The maximum atomic E-state index is 13.3. The number of hydrogen-bond acceptors (Lipinski definition) is 17. The number of carboxylic acid groups (broad SMARTS) is 1. The molecule has 0 saturated carbocycles. The summed E-state index contributed by atoms with van der Waals surface area (Å²) in [6, 6.07) is 0.837. The minimum Gasteiger partial charge on any atom is -0.503 e. The van der Waals surface area contributed by atoms with E-state index in [0.29, 0.717) is 4.90 Å². The number of hydrogen-bond donors (Lipinski definition) is 5. The molecule has 1 fully saturated rings. The lowest BCUT2D eigenvalue weighted by Gasteiger charge is -2.36. The number of ether oxygens (including phenoxy) is 1. The van der Waals surface area contributed by atoms with Crippen LogP contribution in [0.4, 0.5) is 5.13 Å². The third kappa shape index (κ3) is 8.12. The summed E-state index contributed by atoms with van der Waals surface area (Å²) in [6.07, 6.45) is -0.990. The Bertz CT molecular complexity index is 2080. The van der Waals surface area contributed by atoms with Crippen LogP contribution in [0.5, 0.6) is 5.75 Å². The number of Topliss-reactive ketones (excluding diaryl/α,β-unsaturated/α-hetero) is 1. The number of nitrogens with zero attached hydrogens (tertiary/aromatic N) is 6. The van der Waals surface area contributed by atoms with Crippen molar-refractivity contribution in [2.45, 2.75) is 45.4 Å². The monoisotopic (exact) mass is 740 g/mol. The molecule has 0 aliphatic carbocycles. The Morgan fingerprint density at radius 3 is 2.54 bits per heavy atom. The minimum absolute atomic E-state index is 0.0228. The van der Waals surface area contributed by atoms with Crippen LogP contribution in [0.3, 0.4) is 0 Å². The molecule has 1 aliphatic rings. The molecular formula is C27H32N8O13S2.